The zero-order valence-electron chi connectivity index (χ0n) is 18.6. The van der Waals surface area contributed by atoms with Gasteiger partial charge >= 0.3 is 166 Å². The molecule has 0 amide bonds. The SMILES string of the molecule is CC(C)N(c1c([Te]c2ccccc2)c1=[N+](C(C)C)C(C)C)C(C)C.F[B-](F)(F)F. The van der Waals surface area contributed by atoms with Crippen LogP contribution in [0.1, 0.15) is 55.4 Å². The Bertz CT molecular complexity index is 752. The van der Waals surface area contributed by atoms with Gasteiger partial charge in [-0.1, -0.05) is 0 Å². The van der Waals surface area contributed by atoms with Crippen LogP contribution in [0.4, 0.5) is 23.0 Å². The Morgan fingerprint density at radius 2 is 1.21 bits per heavy atom. The van der Waals surface area contributed by atoms with Crippen LogP contribution in [0.2, 0.25) is 0 Å². The number of halogens is 4. The molecule has 0 saturated heterocycles. The average molecular weight is 528 g/mol. The Kier molecular flexibility index (Phi) is 9.75. The molecule has 0 aliphatic rings. The van der Waals surface area contributed by atoms with Crippen molar-refractivity contribution < 1.29 is 17.3 Å². The molecule has 0 heterocycles. The normalized spacial score (nSPS) is 12.1. The van der Waals surface area contributed by atoms with Gasteiger partial charge in [0.15, 0.2) is 0 Å². The van der Waals surface area contributed by atoms with Gasteiger partial charge in [-0.2, -0.15) is 0 Å². The fourth-order valence-corrected chi connectivity index (χ4v) is 6.63. The van der Waals surface area contributed by atoms with E-state index in [1.165, 1.54) is 3.61 Å². The van der Waals surface area contributed by atoms with Gasteiger partial charge in [0.2, 0.25) is 0 Å². The van der Waals surface area contributed by atoms with Crippen molar-refractivity contribution in [3.63, 3.8) is 0 Å². The van der Waals surface area contributed by atoms with E-state index in [1.807, 2.05) is 0 Å². The van der Waals surface area contributed by atoms with Gasteiger partial charge in [0.1, 0.15) is 0 Å². The second-order valence-corrected chi connectivity index (χ2v) is 11.2. The second-order valence-electron chi connectivity index (χ2n) is 8.13. The van der Waals surface area contributed by atoms with E-state index in [-0.39, 0.29) is 20.9 Å². The maximum absolute atomic E-state index is 9.75. The van der Waals surface area contributed by atoms with Gasteiger partial charge in [0.05, 0.1) is 0 Å². The van der Waals surface area contributed by atoms with Gasteiger partial charge in [-0.25, -0.2) is 0 Å². The summed E-state index contributed by atoms with van der Waals surface area (Å²) in [6.45, 7) is 18.5. The Labute approximate surface area is 182 Å². The summed E-state index contributed by atoms with van der Waals surface area (Å²) >= 11 is -0.322. The molecule has 0 atom stereocenters. The summed E-state index contributed by atoms with van der Waals surface area (Å²) in [5.74, 6) is 0. The summed E-state index contributed by atoms with van der Waals surface area (Å²) < 4.78 is 44.8. The fraction of sp³-hybridized carbons (Fsp3) is 0.571. The molecule has 2 aromatic rings. The maximum atomic E-state index is 9.75. The summed E-state index contributed by atoms with van der Waals surface area (Å²) in [7, 11) is -6.00. The molecule has 0 aliphatic heterocycles. The molecule has 0 N–H and O–H groups in total. The molecule has 8 heteroatoms. The van der Waals surface area contributed by atoms with E-state index in [2.05, 4.69) is 95.2 Å². The zero-order chi connectivity index (χ0) is 22.5. The van der Waals surface area contributed by atoms with E-state index >= 15 is 0 Å². The number of rotatable bonds is 7. The standard InChI is InChI=1S/C21H33N2Te.BF4/c1-14(2)22(15(3)4)19-20(23(16(5)6)17(7)8)21(19)24-18-12-10-9-11-13-18;2-1(3,4)5/h9-17H,1-8H3;/q+1;-1. The van der Waals surface area contributed by atoms with Crippen molar-refractivity contribution in [2.45, 2.75) is 79.6 Å². The Hall–Kier alpha value is -0.995. The maximum Gasteiger partial charge on any atom is 0.673 e. The smallest absolute Gasteiger partial charge is 0.418 e. The molecule has 164 valence electrons. The van der Waals surface area contributed by atoms with E-state index < -0.39 is 7.25 Å². The zero-order valence-corrected chi connectivity index (χ0v) is 20.9. The molecule has 2 nitrogen and oxygen atoms in total. The summed E-state index contributed by atoms with van der Waals surface area (Å²) in [6.07, 6.45) is 0. The van der Waals surface area contributed by atoms with E-state index in [1.54, 1.807) is 14.7 Å². The van der Waals surface area contributed by atoms with Gasteiger partial charge in [-0.05, 0) is 0 Å². The van der Waals surface area contributed by atoms with Gasteiger partial charge in [0, 0.05) is 0 Å². The molecular weight excluding hydrogens is 495 g/mol. The van der Waals surface area contributed by atoms with Crippen molar-refractivity contribution in [1.82, 2.24) is 4.58 Å². The van der Waals surface area contributed by atoms with Crippen molar-refractivity contribution >= 4 is 41.1 Å². The van der Waals surface area contributed by atoms with Crippen molar-refractivity contribution in [3.05, 3.63) is 35.7 Å². The number of benzene rings is 1. The quantitative estimate of drug-likeness (QED) is 0.302. The third-order valence-corrected chi connectivity index (χ3v) is 7.43. The first-order valence-corrected chi connectivity index (χ1v) is 12.4. The first kappa shape index (κ1) is 26.0. The van der Waals surface area contributed by atoms with Crippen molar-refractivity contribution in [1.29, 1.82) is 0 Å². The van der Waals surface area contributed by atoms with Gasteiger partial charge < -0.3 is 17.3 Å². The molecule has 0 saturated carbocycles. The molecule has 29 heavy (non-hydrogen) atoms. The number of hydrogen-bond donors (Lipinski definition) is 0. The third kappa shape index (κ3) is 8.34. The van der Waals surface area contributed by atoms with Crippen LogP contribution in [0.15, 0.2) is 30.3 Å². The molecule has 2 aromatic carbocycles. The Morgan fingerprint density at radius 1 is 0.793 bits per heavy atom. The molecular formula is C21H33BF4N2Te. The van der Waals surface area contributed by atoms with Crippen LogP contribution in [-0.4, -0.2) is 52.3 Å². The minimum Gasteiger partial charge on any atom is -0.418 e. The van der Waals surface area contributed by atoms with E-state index in [0.717, 1.165) is 0 Å². The van der Waals surface area contributed by atoms with Crippen LogP contribution in [0.3, 0.4) is 0 Å². The van der Waals surface area contributed by atoms with Crippen LogP contribution in [0, 0.1) is 0 Å². The predicted molar refractivity (Wildman–Crippen MR) is 119 cm³/mol. The first-order chi connectivity index (χ1) is 13.3. The van der Waals surface area contributed by atoms with Crippen LogP contribution >= 0.6 is 0 Å². The monoisotopic (exact) mass is 530 g/mol. The second kappa shape index (κ2) is 10.9. The van der Waals surface area contributed by atoms with Gasteiger partial charge in [-0.15, -0.1) is 0 Å². The van der Waals surface area contributed by atoms with Crippen molar-refractivity contribution in [2.75, 3.05) is 4.90 Å². The molecule has 0 bridgehead atoms. The molecule has 0 radical (unpaired) electrons. The van der Waals surface area contributed by atoms with Crippen molar-refractivity contribution in [3.8, 4) is 0 Å². The summed E-state index contributed by atoms with van der Waals surface area (Å²) in [4.78, 5) is 2.62. The largest absolute Gasteiger partial charge is 0.673 e. The number of nitrogens with zero attached hydrogens (tertiary/aromatic N) is 2. The molecule has 0 aromatic heterocycles. The van der Waals surface area contributed by atoms with Crippen LogP contribution in [-0.2, 0) is 0 Å². The minimum absolute atomic E-state index is 0.322. The first-order valence-electron chi connectivity index (χ1n) is 10.0. The topological polar surface area (TPSA) is 6.25 Å². The van der Waals surface area contributed by atoms with Crippen LogP contribution < -0.4 is 22.1 Å². The van der Waals surface area contributed by atoms with E-state index in [9.17, 15) is 17.3 Å². The fourth-order valence-electron chi connectivity index (χ4n) is 3.56. The van der Waals surface area contributed by atoms with Crippen LogP contribution in [0.25, 0.3) is 0 Å². The van der Waals surface area contributed by atoms with Crippen molar-refractivity contribution in [2.24, 2.45) is 0 Å². The third-order valence-electron chi connectivity index (χ3n) is 4.30. The minimum atomic E-state index is -6.00. The molecule has 0 aliphatic carbocycles. The molecule has 2 rings (SSSR count). The summed E-state index contributed by atoms with van der Waals surface area (Å²) in [6, 6.07) is 13.2. The predicted octanol–water partition coefficient (Wildman–Crippen LogP) is 3.73. The molecule has 0 unspecified atom stereocenters. The average Bonchev–Trinajstić information content (AvgIpc) is 3.17. The number of hydrogen-bond acceptors (Lipinski definition) is 1. The Morgan fingerprint density at radius 3 is 1.55 bits per heavy atom. The Balaban J connectivity index is 0.000000749. The van der Waals surface area contributed by atoms with Gasteiger partial charge in [0.25, 0.3) is 0 Å². The van der Waals surface area contributed by atoms with E-state index in [4.69, 9.17) is 0 Å². The van der Waals surface area contributed by atoms with E-state index in [0.29, 0.717) is 24.2 Å². The summed E-state index contributed by atoms with van der Waals surface area (Å²) in [5, 5.41) is 1.55. The number of anilines is 1. The molecule has 0 fully saturated rings. The van der Waals surface area contributed by atoms with Crippen LogP contribution in [0.5, 0.6) is 0 Å². The molecule has 0 spiro atoms. The summed E-state index contributed by atoms with van der Waals surface area (Å²) in [5.41, 5.74) is 1.55. The van der Waals surface area contributed by atoms with Gasteiger partial charge in [-0.3, -0.25) is 0 Å².